The molecule has 3 heteroatoms. The quantitative estimate of drug-likeness (QED) is 0.875. The molecule has 0 aliphatic carbocycles. The molecule has 0 bridgehead atoms. The highest BCUT2D eigenvalue weighted by atomic mass is 16.1. The summed E-state index contributed by atoms with van der Waals surface area (Å²) < 4.78 is 0. The number of aryl methyl sites for hydroxylation is 1. The van der Waals surface area contributed by atoms with E-state index in [9.17, 15) is 4.79 Å². The van der Waals surface area contributed by atoms with Crippen LogP contribution in [0, 0.1) is 0 Å². The van der Waals surface area contributed by atoms with Gasteiger partial charge in [-0.2, -0.15) is 0 Å². The Labute approximate surface area is 119 Å². The van der Waals surface area contributed by atoms with Crippen molar-refractivity contribution in [1.82, 2.24) is 0 Å². The Hall–Kier alpha value is -2.13. The highest BCUT2D eigenvalue weighted by Gasteiger charge is 2.05. The van der Waals surface area contributed by atoms with E-state index in [2.05, 4.69) is 12.2 Å². The van der Waals surface area contributed by atoms with Crippen LogP contribution in [0.4, 0.5) is 5.69 Å². The van der Waals surface area contributed by atoms with Gasteiger partial charge < -0.3 is 11.1 Å². The van der Waals surface area contributed by atoms with Gasteiger partial charge in [-0.25, -0.2) is 0 Å². The maximum absolute atomic E-state index is 12.1. The summed E-state index contributed by atoms with van der Waals surface area (Å²) in [7, 11) is 0. The number of carbonyl (C=O) groups is 1. The van der Waals surface area contributed by atoms with Gasteiger partial charge >= 0.3 is 0 Å². The molecule has 3 nitrogen and oxygen atoms in total. The number of hydrogen-bond acceptors (Lipinski definition) is 2. The number of anilines is 1. The summed E-state index contributed by atoms with van der Waals surface area (Å²) in [6, 6.07) is 15.5. The Morgan fingerprint density at radius 3 is 2.15 bits per heavy atom. The van der Waals surface area contributed by atoms with Gasteiger partial charge in [0.25, 0.3) is 5.91 Å². The fourth-order valence-electron chi connectivity index (χ4n) is 2.02. The van der Waals surface area contributed by atoms with Gasteiger partial charge in [-0.1, -0.05) is 31.2 Å². The molecule has 0 unspecified atom stereocenters. The Bertz CT molecular complexity index is 559. The van der Waals surface area contributed by atoms with Crippen molar-refractivity contribution in [2.45, 2.75) is 19.8 Å². The molecule has 0 aliphatic rings. The number of rotatable bonds is 5. The molecular weight excluding hydrogens is 248 g/mol. The van der Waals surface area contributed by atoms with E-state index in [0.29, 0.717) is 12.1 Å². The second-order valence-electron chi connectivity index (χ2n) is 4.74. The van der Waals surface area contributed by atoms with Crippen molar-refractivity contribution >= 4 is 11.6 Å². The molecule has 2 rings (SSSR count). The van der Waals surface area contributed by atoms with Gasteiger partial charge in [0.05, 0.1) is 0 Å². The van der Waals surface area contributed by atoms with Crippen LogP contribution >= 0.6 is 0 Å². The molecule has 0 atom stereocenters. The monoisotopic (exact) mass is 268 g/mol. The first-order valence-electron chi connectivity index (χ1n) is 6.92. The third-order valence-corrected chi connectivity index (χ3v) is 3.27. The predicted octanol–water partition coefficient (Wildman–Crippen LogP) is 3.00. The number of hydrogen-bond donors (Lipinski definition) is 2. The molecule has 20 heavy (non-hydrogen) atoms. The fourth-order valence-corrected chi connectivity index (χ4v) is 2.02. The summed E-state index contributed by atoms with van der Waals surface area (Å²) in [5.41, 5.74) is 9.39. The standard InChI is InChI=1S/C17H20N2O/c1-2-13-3-7-15(8-4-13)17(20)19-16-9-5-14(6-10-16)11-12-18/h3-10H,2,11-12,18H2,1H3,(H,19,20). The molecule has 0 fully saturated rings. The Kier molecular flexibility index (Phi) is 4.91. The van der Waals surface area contributed by atoms with Crippen LogP contribution in [0.25, 0.3) is 0 Å². The van der Waals surface area contributed by atoms with Crippen molar-refractivity contribution in [2.24, 2.45) is 5.73 Å². The van der Waals surface area contributed by atoms with Gasteiger partial charge in [-0.05, 0) is 54.8 Å². The lowest BCUT2D eigenvalue weighted by Crippen LogP contribution is -2.12. The van der Waals surface area contributed by atoms with Crippen LogP contribution in [-0.2, 0) is 12.8 Å². The maximum Gasteiger partial charge on any atom is 0.255 e. The van der Waals surface area contributed by atoms with Crippen LogP contribution in [0.5, 0.6) is 0 Å². The largest absolute Gasteiger partial charge is 0.330 e. The number of carbonyl (C=O) groups excluding carboxylic acids is 1. The molecule has 0 saturated carbocycles. The number of benzene rings is 2. The molecule has 2 aromatic rings. The minimum Gasteiger partial charge on any atom is -0.330 e. The zero-order valence-corrected chi connectivity index (χ0v) is 11.7. The van der Waals surface area contributed by atoms with E-state index in [4.69, 9.17) is 5.73 Å². The first kappa shape index (κ1) is 14.3. The molecule has 0 radical (unpaired) electrons. The average Bonchev–Trinajstić information content (AvgIpc) is 2.49. The van der Waals surface area contributed by atoms with E-state index < -0.39 is 0 Å². The van der Waals surface area contributed by atoms with Crippen LogP contribution in [-0.4, -0.2) is 12.5 Å². The first-order valence-corrected chi connectivity index (χ1v) is 6.92. The fraction of sp³-hybridized carbons (Fsp3) is 0.235. The van der Waals surface area contributed by atoms with Crippen molar-refractivity contribution in [3.63, 3.8) is 0 Å². The van der Waals surface area contributed by atoms with E-state index in [1.807, 2.05) is 48.5 Å². The van der Waals surface area contributed by atoms with Crippen LogP contribution in [0.3, 0.4) is 0 Å². The highest BCUT2D eigenvalue weighted by Crippen LogP contribution is 2.12. The van der Waals surface area contributed by atoms with Gasteiger partial charge in [-0.15, -0.1) is 0 Å². The van der Waals surface area contributed by atoms with E-state index >= 15 is 0 Å². The van der Waals surface area contributed by atoms with Crippen LogP contribution < -0.4 is 11.1 Å². The Morgan fingerprint density at radius 1 is 1.00 bits per heavy atom. The second kappa shape index (κ2) is 6.87. The predicted molar refractivity (Wildman–Crippen MR) is 83.0 cm³/mol. The Balaban J connectivity index is 2.02. The molecule has 0 saturated heterocycles. The zero-order valence-electron chi connectivity index (χ0n) is 11.7. The van der Waals surface area contributed by atoms with Gasteiger partial charge in [0.1, 0.15) is 0 Å². The van der Waals surface area contributed by atoms with Crippen molar-refractivity contribution in [3.8, 4) is 0 Å². The van der Waals surface area contributed by atoms with Gasteiger partial charge in [0.2, 0.25) is 0 Å². The molecule has 0 aliphatic heterocycles. The number of amides is 1. The highest BCUT2D eigenvalue weighted by molar-refractivity contribution is 6.04. The summed E-state index contributed by atoms with van der Waals surface area (Å²) in [4.78, 5) is 12.1. The van der Waals surface area contributed by atoms with Gasteiger partial charge in [-0.3, -0.25) is 4.79 Å². The summed E-state index contributed by atoms with van der Waals surface area (Å²) in [6.45, 7) is 2.73. The third-order valence-electron chi connectivity index (χ3n) is 3.27. The molecule has 104 valence electrons. The summed E-state index contributed by atoms with van der Waals surface area (Å²) >= 11 is 0. The lowest BCUT2D eigenvalue weighted by Gasteiger charge is -2.07. The minimum atomic E-state index is -0.0840. The average molecular weight is 268 g/mol. The molecule has 2 aromatic carbocycles. The molecule has 3 N–H and O–H groups in total. The summed E-state index contributed by atoms with van der Waals surface area (Å²) in [5.74, 6) is -0.0840. The smallest absolute Gasteiger partial charge is 0.255 e. The van der Waals surface area contributed by atoms with Crippen molar-refractivity contribution in [3.05, 3.63) is 65.2 Å². The molecule has 0 heterocycles. The maximum atomic E-state index is 12.1. The van der Waals surface area contributed by atoms with Crippen molar-refractivity contribution < 1.29 is 4.79 Å². The van der Waals surface area contributed by atoms with Crippen LogP contribution in [0.1, 0.15) is 28.4 Å². The molecule has 1 amide bonds. The second-order valence-corrected chi connectivity index (χ2v) is 4.74. The number of nitrogens with two attached hydrogens (primary N) is 1. The topological polar surface area (TPSA) is 55.1 Å². The lowest BCUT2D eigenvalue weighted by molar-refractivity contribution is 0.102. The molecule has 0 aromatic heterocycles. The van der Waals surface area contributed by atoms with Gasteiger partial charge in [0, 0.05) is 11.3 Å². The molecular formula is C17H20N2O. The Morgan fingerprint density at radius 2 is 1.60 bits per heavy atom. The van der Waals surface area contributed by atoms with Crippen LogP contribution in [0.15, 0.2) is 48.5 Å². The molecule has 0 spiro atoms. The van der Waals surface area contributed by atoms with Crippen molar-refractivity contribution in [1.29, 1.82) is 0 Å². The third kappa shape index (κ3) is 3.68. The normalized spacial score (nSPS) is 10.3. The van der Waals surface area contributed by atoms with Gasteiger partial charge in [0.15, 0.2) is 0 Å². The van der Waals surface area contributed by atoms with Crippen LogP contribution in [0.2, 0.25) is 0 Å². The minimum absolute atomic E-state index is 0.0840. The van der Waals surface area contributed by atoms with E-state index in [0.717, 1.165) is 18.5 Å². The SMILES string of the molecule is CCc1ccc(C(=O)Nc2ccc(CCN)cc2)cc1. The number of nitrogens with one attached hydrogen (secondary N) is 1. The lowest BCUT2D eigenvalue weighted by atomic mass is 10.1. The van der Waals surface area contributed by atoms with E-state index in [1.165, 1.54) is 11.1 Å². The zero-order chi connectivity index (χ0) is 14.4. The summed E-state index contributed by atoms with van der Waals surface area (Å²) in [6.07, 6.45) is 1.83. The van der Waals surface area contributed by atoms with E-state index in [1.54, 1.807) is 0 Å². The van der Waals surface area contributed by atoms with Crippen molar-refractivity contribution in [2.75, 3.05) is 11.9 Å². The van der Waals surface area contributed by atoms with E-state index in [-0.39, 0.29) is 5.91 Å². The first-order chi connectivity index (χ1) is 9.72. The summed E-state index contributed by atoms with van der Waals surface area (Å²) in [5, 5.41) is 2.89.